The third kappa shape index (κ3) is 1.87. The third-order valence-corrected chi connectivity index (χ3v) is 4.31. The first-order chi connectivity index (χ1) is 7.80. The summed E-state index contributed by atoms with van der Waals surface area (Å²) >= 11 is 0. The van der Waals surface area contributed by atoms with Crippen molar-refractivity contribution in [3.8, 4) is 0 Å². The van der Waals surface area contributed by atoms with Gasteiger partial charge in [-0.05, 0) is 20.3 Å². The molecular weight excluding hydrogens is 218 g/mol. The summed E-state index contributed by atoms with van der Waals surface area (Å²) in [5.41, 5.74) is -0.545. The zero-order valence-electron chi connectivity index (χ0n) is 11.4. The highest BCUT2D eigenvalue weighted by atomic mass is 16.5. The van der Waals surface area contributed by atoms with Crippen molar-refractivity contribution >= 4 is 5.97 Å². The van der Waals surface area contributed by atoms with Crippen molar-refractivity contribution in [2.24, 2.45) is 11.3 Å². The van der Waals surface area contributed by atoms with Crippen molar-refractivity contribution in [1.82, 2.24) is 5.32 Å². The van der Waals surface area contributed by atoms with Gasteiger partial charge in [-0.1, -0.05) is 13.8 Å². The van der Waals surface area contributed by atoms with Crippen LogP contribution in [-0.2, 0) is 14.3 Å². The number of hydrogen-bond donors (Lipinski definition) is 1. The van der Waals surface area contributed by atoms with Gasteiger partial charge in [-0.15, -0.1) is 0 Å². The second-order valence-electron chi connectivity index (χ2n) is 6.30. The van der Waals surface area contributed by atoms with Crippen LogP contribution in [0, 0.1) is 11.3 Å². The van der Waals surface area contributed by atoms with E-state index in [1.165, 1.54) is 7.11 Å². The van der Waals surface area contributed by atoms with Gasteiger partial charge >= 0.3 is 5.97 Å². The molecule has 0 aromatic carbocycles. The summed E-state index contributed by atoms with van der Waals surface area (Å²) in [5, 5.41) is 3.45. The number of nitrogens with one attached hydrogen (secondary N) is 1. The van der Waals surface area contributed by atoms with Gasteiger partial charge in [-0.3, -0.25) is 10.1 Å². The number of esters is 1. The molecule has 2 rings (SSSR count). The molecule has 98 valence electrons. The Morgan fingerprint density at radius 2 is 2.12 bits per heavy atom. The van der Waals surface area contributed by atoms with E-state index in [0.29, 0.717) is 18.1 Å². The molecule has 0 aromatic heterocycles. The molecule has 1 aliphatic carbocycles. The molecule has 1 saturated carbocycles. The van der Waals surface area contributed by atoms with Crippen molar-refractivity contribution in [3.63, 3.8) is 0 Å². The normalized spacial score (nSPS) is 35.0. The van der Waals surface area contributed by atoms with E-state index in [2.05, 4.69) is 19.2 Å². The Morgan fingerprint density at radius 1 is 1.47 bits per heavy atom. The summed E-state index contributed by atoms with van der Waals surface area (Å²) in [6.07, 6.45) is 1.43. The van der Waals surface area contributed by atoms with Crippen LogP contribution >= 0.6 is 0 Å². The number of fused-ring (bicyclic) bond motifs is 1. The molecule has 0 aromatic rings. The number of rotatable bonds is 3. The van der Waals surface area contributed by atoms with Gasteiger partial charge in [0.1, 0.15) is 5.54 Å². The Balaban J connectivity index is 2.07. The molecular formula is C13H23NO3. The molecule has 2 aliphatic rings. The summed E-state index contributed by atoms with van der Waals surface area (Å²) in [4.78, 5) is 11.7. The molecule has 17 heavy (non-hydrogen) atoms. The Bertz CT molecular complexity index is 325. The topological polar surface area (TPSA) is 47.6 Å². The van der Waals surface area contributed by atoms with Crippen LogP contribution in [0.2, 0.25) is 0 Å². The quantitative estimate of drug-likeness (QED) is 0.758. The van der Waals surface area contributed by atoms with E-state index in [0.717, 1.165) is 13.0 Å². The Labute approximate surface area is 103 Å². The van der Waals surface area contributed by atoms with E-state index in [9.17, 15) is 4.79 Å². The van der Waals surface area contributed by atoms with E-state index in [4.69, 9.17) is 9.47 Å². The summed E-state index contributed by atoms with van der Waals surface area (Å²) in [6.45, 7) is 8.99. The predicted molar refractivity (Wildman–Crippen MR) is 64.6 cm³/mol. The molecule has 2 fully saturated rings. The summed E-state index contributed by atoms with van der Waals surface area (Å²) < 4.78 is 10.6. The molecule has 1 heterocycles. The maximum Gasteiger partial charge on any atom is 0.325 e. The molecule has 1 aliphatic heterocycles. The maximum absolute atomic E-state index is 11.7. The van der Waals surface area contributed by atoms with Crippen molar-refractivity contribution in [1.29, 1.82) is 0 Å². The second-order valence-corrected chi connectivity index (χ2v) is 6.30. The lowest BCUT2D eigenvalue weighted by molar-refractivity contribution is -0.154. The summed E-state index contributed by atoms with van der Waals surface area (Å²) in [7, 11) is 1.43. The lowest BCUT2D eigenvalue weighted by Gasteiger charge is -2.56. The predicted octanol–water partition coefficient (Wildman–Crippen LogP) is 1.34. The van der Waals surface area contributed by atoms with Crippen LogP contribution in [0.25, 0.3) is 0 Å². The first kappa shape index (κ1) is 12.8. The minimum Gasteiger partial charge on any atom is -0.468 e. The van der Waals surface area contributed by atoms with Gasteiger partial charge in [0, 0.05) is 24.0 Å². The molecule has 3 atom stereocenters. The number of ether oxygens (including phenoxy) is 2. The number of hydrogen-bond acceptors (Lipinski definition) is 4. The van der Waals surface area contributed by atoms with E-state index >= 15 is 0 Å². The van der Waals surface area contributed by atoms with Crippen molar-refractivity contribution < 1.29 is 14.3 Å². The minimum atomic E-state index is -0.635. The minimum absolute atomic E-state index is 0.0897. The van der Waals surface area contributed by atoms with Crippen molar-refractivity contribution in [2.45, 2.75) is 51.8 Å². The van der Waals surface area contributed by atoms with Crippen LogP contribution in [0.5, 0.6) is 0 Å². The van der Waals surface area contributed by atoms with E-state index in [1.807, 2.05) is 13.8 Å². The lowest BCUT2D eigenvalue weighted by Crippen LogP contribution is -2.70. The fourth-order valence-electron chi connectivity index (χ4n) is 3.32. The molecule has 0 radical (unpaired) electrons. The first-order valence-corrected chi connectivity index (χ1v) is 6.28. The largest absolute Gasteiger partial charge is 0.468 e. The van der Waals surface area contributed by atoms with Gasteiger partial charge < -0.3 is 9.47 Å². The number of carbonyl (C=O) groups is 1. The average molecular weight is 241 g/mol. The van der Waals surface area contributed by atoms with E-state index in [1.54, 1.807) is 0 Å². The molecule has 4 heteroatoms. The Hall–Kier alpha value is -0.610. The van der Waals surface area contributed by atoms with Crippen LogP contribution in [0.1, 0.15) is 34.1 Å². The van der Waals surface area contributed by atoms with E-state index in [-0.39, 0.29) is 11.4 Å². The van der Waals surface area contributed by atoms with Crippen LogP contribution in [0.4, 0.5) is 0 Å². The standard InChI is InChI=1S/C13H23NO3/c1-12(2)9(8-6-7-17-10(8)12)14-13(3,4)11(15)16-5/h8-10,14H,6-7H2,1-5H3. The van der Waals surface area contributed by atoms with Crippen LogP contribution in [0.15, 0.2) is 0 Å². The first-order valence-electron chi connectivity index (χ1n) is 6.28. The van der Waals surface area contributed by atoms with E-state index < -0.39 is 5.54 Å². The summed E-state index contributed by atoms with van der Waals surface area (Å²) in [5.74, 6) is 0.324. The van der Waals surface area contributed by atoms with Gasteiger partial charge in [0.05, 0.1) is 13.2 Å². The van der Waals surface area contributed by atoms with Gasteiger partial charge in [0.2, 0.25) is 0 Å². The maximum atomic E-state index is 11.7. The Kier molecular flexibility index (Phi) is 2.99. The molecule has 1 N–H and O–H groups in total. The molecule has 0 spiro atoms. The van der Waals surface area contributed by atoms with Gasteiger partial charge in [0.25, 0.3) is 0 Å². The van der Waals surface area contributed by atoms with Crippen molar-refractivity contribution in [2.75, 3.05) is 13.7 Å². The monoisotopic (exact) mass is 241 g/mol. The molecule has 0 amide bonds. The number of carbonyl (C=O) groups excluding carboxylic acids is 1. The fourth-order valence-corrected chi connectivity index (χ4v) is 3.32. The molecule has 3 unspecified atom stereocenters. The molecule has 1 saturated heterocycles. The fraction of sp³-hybridized carbons (Fsp3) is 0.923. The smallest absolute Gasteiger partial charge is 0.325 e. The van der Waals surface area contributed by atoms with Gasteiger partial charge in [-0.2, -0.15) is 0 Å². The van der Waals surface area contributed by atoms with Gasteiger partial charge in [-0.25, -0.2) is 0 Å². The molecule has 4 nitrogen and oxygen atoms in total. The Morgan fingerprint density at radius 3 is 2.71 bits per heavy atom. The van der Waals surface area contributed by atoms with Crippen molar-refractivity contribution in [3.05, 3.63) is 0 Å². The zero-order valence-corrected chi connectivity index (χ0v) is 11.4. The van der Waals surface area contributed by atoms with Crippen LogP contribution in [-0.4, -0.2) is 37.4 Å². The average Bonchev–Trinajstić information content (AvgIpc) is 2.71. The van der Waals surface area contributed by atoms with Gasteiger partial charge in [0.15, 0.2) is 0 Å². The number of methoxy groups -OCH3 is 1. The van der Waals surface area contributed by atoms with Crippen LogP contribution in [0.3, 0.4) is 0 Å². The molecule has 0 bridgehead atoms. The SMILES string of the molecule is COC(=O)C(C)(C)NC1C2CCOC2C1(C)C. The highest BCUT2D eigenvalue weighted by molar-refractivity contribution is 5.79. The summed E-state index contributed by atoms with van der Waals surface area (Å²) in [6, 6.07) is 0.323. The zero-order chi connectivity index (χ0) is 12.8. The third-order valence-electron chi connectivity index (χ3n) is 4.31. The highest BCUT2D eigenvalue weighted by Crippen LogP contribution is 2.52. The highest BCUT2D eigenvalue weighted by Gasteiger charge is 2.60. The van der Waals surface area contributed by atoms with Crippen LogP contribution < -0.4 is 5.32 Å². The second kappa shape index (κ2) is 3.95. The lowest BCUT2D eigenvalue weighted by atomic mass is 9.57.